The standard InChI is InChI=1S/C6H5N3O/c10-5-2-1-4-6(9-5)8-3-7-4/h1-4H,(H,7,8,9,10). The molecular weight excluding hydrogens is 130 g/mol. The number of aliphatic imine (C=N–C) groups is 2. The van der Waals surface area contributed by atoms with E-state index < -0.39 is 0 Å². The Morgan fingerprint density at radius 2 is 2.50 bits per heavy atom. The predicted molar refractivity (Wildman–Crippen MR) is 37.0 cm³/mol. The first-order valence-electron chi connectivity index (χ1n) is 2.95. The van der Waals surface area contributed by atoms with Gasteiger partial charge < -0.3 is 5.32 Å². The minimum absolute atomic E-state index is 0.0438. The topological polar surface area (TPSA) is 53.8 Å². The van der Waals surface area contributed by atoms with Gasteiger partial charge in [-0.25, -0.2) is 4.99 Å². The van der Waals surface area contributed by atoms with Crippen LogP contribution in [0.1, 0.15) is 0 Å². The first kappa shape index (κ1) is 5.34. The van der Waals surface area contributed by atoms with Gasteiger partial charge in [0.05, 0.1) is 0 Å². The van der Waals surface area contributed by atoms with Crippen LogP contribution in [-0.2, 0) is 4.79 Å². The van der Waals surface area contributed by atoms with Gasteiger partial charge in [-0.3, -0.25) is 9.79 Å². The predicted octanol–water partition coefficient (Wildman–Crippen LogP) is -0.519. The SMILES string of the molecule is O=C1C=CC2N=CN=C2N1. The molecule has 0 fully saturated rings. The normalized spacial score (nSPS) is 27.8. The van der Waals surface area contributed by atoms with Crippen LogP contribution >= 0.6 is 0 Å². The van der Waals surface area contributed by atoms with Crippen molar-refractivity contribution in [3.63, 3.8) is 0 Å². The summed E-state index contributed by atoms with van der Waals surface area (Å²) in [5.74, 6) is 0.507. The first-order valence-corrected chi connectivity index (χ1v) is 2.95. The lowest BCUT2D eigenvalue weighted by molar-refractivity contribution is -0.115. The quantitative estimate of drug-likeness (QED) is 0.477. The number of amides is 1. The number of nitrogens with one attached hydrogen (secondary N) is 1. The molecule has 0 radical (unpaired) electrons. The number of hydrogen-bond acceptors (Lipinski definition) is 3. The highest BCUT2D eigenvalue weighted by molar-refractivity contribution is 6.12. The van der Waals surface area contributed by atoms with Gasteiger partial charge in [-0.15, -0.1) is 0 Å². The van der Waals surface area contributed by atoms with Crippen LogP contribution in [0, 0.1) is 0 Å². The van der Waals surface area contributed by atoms with Crippen molar-refractivity contribution >= 4 is 18.1 Å². The van der Waals surface area contributed by atoms with Gasteiger partial charge in [0.2, 0.25) is 5.91 Å². The average molecular weight is 135 g/mol. The Morgan fingerprint density at radius 1 is 1.60 bits per heavy atom. The van der Waals surface area contributed by atoms with Crippen LogP contribution in [0.5, 0.6) is 0 Å². The fraction of sp³-hybridized carbons (Fsp3) is 0.167. The summed E-state index contributed by atoms with van der Waals surface area (Å²) in [6, 6.07) is -0.0438. The summed E-state index contributed by atoms with van der Waals surface area (Å²) in [4.78, 5) is 18.5. The first-order chi connectivity index (χ1) is 4.86. The number of carbonyl (C=O) groups excluding carboxylic acids is 1. The zero-order chi connectivity index (χ0) is 6.97. The monoisotopic (exact) mass is 135 g/mol. The maximum atomic E-state index is 10.7. The minimum atomic E-state index is -0.125. The summed E-state index contributed by atoms with van der Waals surface area (Å²) < 4.78 is 0. The summed E-state index contributed by atoms with van der Waals surface area (Å²) >= 11 is 0. The molecule has 0 saturated heterocycles. The third kappa shape index (κ3) is 0.655. The summed E-state index contributed by atoms with van der Waals surface area (Å²) in [6.07, 6.45) is 4.64. The number of amidine groups is 1. The highest BCUT2D eigenvalue weighted by Crippen LogP contribution is 2.04. The van der Waals surface area contributed by atoms with E-state index in [-0.39, 0.29) is 11.9 Å². The average Bonchev–Trinajstić information content (AvgIpc) is 2.33. The van der Waals surface area contributed by atoms with E-state index in [1.54, 1.807) is 6.08 Å². The molecule has 2 aliphatic heterocycles. The van der Waals surface area contributed by atoms with Gasteiger partial charge in [0, 0.05) is 6.08 Å². The van der Waals surface area contributed by atoms with Crippen molar-refractivity contribution in [1.29, 1.82) is 0 Å². The van der Waals surface area contributed by atoms with Crippen LogP contribution in [0.15, 0.2) is 22.1 Å². The van der Waals surface area contributed by atoms with Crippen molar-refractivity contribution in [2.45, 2.75) is 6.04 Å². The van der Waals surface area contributed by atoms with Crippen LogP contribution in [-0.4, -0.2) is 24.1 Å². The van der Waals surface area contributed by atoms with Crippen molar-refractivity contribution in [3.05, 3.63) is 12.2 Å². The van der Waals surface area contributed by atoms with Gasteiger partial charge in [-0.05, 0) is 6.08 Å². The number of hydrogen-bond donors (Lipinski definition) is 1. The lowest BCUT2D eigenvalue weighted by Crippen LogP contribution is -2.38. The van der Waals surface area contributed by atoms with E-state index in [1.165, 1.54) is 12.4 Å². The third-order valence-electron chi connectivity index (χ3n) is 1.39. The molecule has 2 heterocycles. The summed E-state index contributed by atoms with van der Waals surface area (Å²) in [6.45, 7) is 0. The van der Waals surface area contributed by atoms with Crippen molar-refractivity contribution in [2.24, 2.45) is 9.98 Å². The van der Waals surface area contributed by atoms with Crippen molar-refractivity contribution in [3.8, 4) is 0 Å². The fourth-order valence-electron chi connectivity index (χ4n) is 0.908. The van der Waals surface area contributed by atoms with E-state index in [9.17, 15) is 4.79 Å². The number of fused-ring (bicyclic) bond motifs is 1. The fourth-order valence-corrected chi connectivity index (χ4v) is 0.908. The second-order valence-electron chi connectivity index (χ2n) is 2.07. The second kappa shape index (κ2) is 1.76. The second-order valence-corrected chi connectivity index (χ2v) is 2.07. The Morgan fingerprint density at radius 3 is 3.40 bits per heavy atom. The summed E-state index contributed by atoms with van der Waals surface area (Å²) in [7, 11) is 0. The highest BCUT2D eigenvalue weighted by atomic mass is 16.1. The zero-order valence-corrected chi connectivity index (χ0v) is 5.11. The molecule has 1 unspecified atom stereocenters. The molecule has 10 heavy (non-hydrogen) atoms. The number of rotatable bonds is 0. The van der Waals surface area contributed by atoms with E-state index in [4.69, 9.17) is 0 Å². The van der Waals surface area contributed by atoms with Gasteiger partial charge in [0.25, 0.3) is 0 Å². The van der Waals surface area contributed by atoms with Gasteiger partial charge in [-0.1, -0.05) is 0 Å². The number of nitrogens with zero attached hydrogens (tertiary/aromatic N) is 2. The molecule has 1 N–H and O–H groups in total. The van der Waals surface area contributed by atoms with Crippen molar-refractivity contribution < 1.29 is 4.79 Å². The Hall–Kier alpha value is -1.45. The Kier molecular flexibility index (Phi) is 0.943. The van der Waals surface area contributed by atoms with E-state index in [2.05, 4.69) is 15.3 Å². The molecule has 1 amide bonds. The van der Waals surface area contributed by atoms with Gasteiger partial charge >= 0.3 is 0 Å². The van der Waals surface area contributed by atoms with E-state index in [0.717, 1.165) is 0 Å². The third-order valence-corrected chi connectivity index (χ3v) is 1.39. The number of carbonyl (C=O) groups is 1. The van der Waals surface area contributed by atoms with Gasteiger partial charge in [0.1, 0.15) is 18.2 Å². The molecule has 2 aliphatic rings. The van der Waals surface area contributed by atoms with Crippen molar-refractivity contribution in [2.75, 3.05) is 0 Å². The highest BCUT2D eigenvalue weighted by Gasteiger charge is 2.20. The Bertz CT molecular complexity index is 264. The summed E-state index contributed by atoms with van der Waals surface area (Å²) in [5, 5.41) is 2.58. The van der Waals surface area contributed by atoms with Crippen LogP contribution < -0.4 is 5.32 Å². The molecule has 50 valence electrons. The maximum Gasteiger partial charge on any atom is 0.249 e. The van der Waals surface area contributed by atoms with Crippen LogP contribution in [0.25, 0.3) is 0 Å². The molecule has 0 saturated carbocycles. The van der Waals surface area contributed by atoms with E-state index in [0.29, 0.717) is 5.84 Å². The smallest absolute Gasteiger partial charge is 0.249 e. The summed E-state index contributed by atoms with van der Waals surface area (Å²) in [5.41, 5.74) is 0. The van der Waals surface area contributed by atoms with E-state index >= 15 is 0 Å². The zero-order valence-electron chi connectivity index (χ0n) is 5.11. The van der Waals surface area contributed by atoms with Crippen molar-refractivity contribution in [1.82, 2.24) is 5.32 Å². The molecule has 4 heteroatoms. The van der Waals surface area contributed by atoms with Gasteiger partial charge in [-0.2, -0.15) is 0 Å². The molecule has 0 bridgehead atoms. The van der Waals surface area contributed by atoms with E-state index in [1.807, 2.05) is 0 Å². The lowest BCUT2D eigenvalue weighted by Gasteiger charge is -2.10. The molecule has 0 spiro atoms. The largest absolute Gasteiger partial charge is 0.308 e. The molecule has 2 rings (SSSR count). The van der Waals surface area contributed by atoms with Crippen LogP contribution in [0.2, 0.25) is 0 Å². The van der Waals surface area contributed by atoms with Crippen LogP contribution in [0.3, 0.4) is 0 Å². The van der Waals surface area contributed by atoms with Crippen LogP contribution in [0.4, 0.5) is 0 Å². The Balaban J connectivity index is 2.35. The minimum Gasteiger partial charge on any atom is -0.308 e. The Labute approximate surface area is 57.4 Å². The molecule has 0 aliphatic carbocycles. The molecule has 4 nitrogen and oxygen atoms in total. The maximum absolute atomic E-state index is 10.7. The lowest BCUT2D eigenvalue weighted by atomic mass is 10.2. The molecule has 0 aromatic carbocycles. The molecule has 1 atom stereocenters. The molecule has 0 aromatic rings. The molecular formula is C6H5N3O. The van der Waals surface area contributed by atoms with Gasteiger partial charge in [0.15, 0.2) is 0 Å². The molecule has 0 aromatic heterocycles.